The molecule has 0 saturated carbocycles. The minimum Gasteiger partial charge on any atom is -0.477 e. The van der Waals surface area contributed by atoms with Crippen molar-refractivity contribution in [3.63, 3.8) is 0 Å². The summed E-state index contributed by atoms with van der Waals surface area (Å²) in [6, 6.07) is 4.16. The first-order chi connectivity index (χ1) is 8.56. The Bertz CT molecular complexity index is 593. The number of aromatic carboxylic acids is 1. The average Bonchev–Trinajstić information content (AvgIpc) is 2.78. The number of nitrogens with two attached hydrogens (primary N) is 1. The van der Waals surface area contributed by atoms with Crippen molar-refractivity contribution in [2.45, 2.75) is 0 Å². The second-order valence-corrected chi connectivity index (χ2v) is 4.09. The summed E-state index contributed by atoms with van der Waals surface area (Å²) in [5, 5.41) is 17.5. The van der Waals surface area contributed by atoms with Gasteiger partial charge < -0.3 is 15.6 Å². The normalized spacial score (nSPS) is 10.0. The summed E-state index contributed by atoms with van der Waals surface area (Å²) < 4.78 is 5.27. The summed E-state index contributed by atoms with van der Waals surface area (Å²) in [6.45, 7) is 0. The van der Waals surface area contributed by atoms with Crippen LogP contribution in [-0.4, -0.2) is 27.2 Å². The van der Waals surface area contributed by atoms with Gasteiger partial charge in [0.1, 0.15) is 10.6 Å². The Labute approximate surface area is 105 Å². The second-order valence-electron chi connectivity index (χ2n) is 3.17. The molecule has 7 nitrogen and oxygen atoms in total. The number of carbonyl (C=O) groups is 2. The number of ether oxygens (including phenoxy) is 1. The average molecular weight is 265 g/mol. The lowest BCUT2D eigenvalue weighted by Crippen LogP contribution is -2.13. The Hall–Kier alpha value is -2.48. The van der Waals surface area contributed by atoms with Crippen LogP contribution in [0.3, 0.4) is 0 Å². The van der Waals surface area contributed by atoms with Crippen molar-refractivity contribution in [2.24, 2.45) is 5.73 Å². The smallest absolute Gasteiger partial charge is 0.346 e. The van der Waals surface area contributed by atoms with Crippen LogP contribution in [0.5, 0.6) is 11.6 Å². The monoisotopic (exact) mass is 265 g/mol. The van der Waals surface area contributed by atoms with Crippen LogP contribution in [0.4, 0.5) is 0 Å². The van der Waals surface area contributed by atoms with Gasteiger partial charge in [0, 0.05) is 17.5 Å². The third-order valence-electron chi connectivity index (χ3n) is 1.90. The van der Waals surface area contributed by atoms with Crippen LogP contribution in [0, 0.1) is 0 Å². The predicted molar refractivity (Wildman–Crippen MR) is 61.9 cm³/mol. The number of hydrogen-bond acceptors (Lipinski definition) is 6. The molecule has 0 spiro atoms. The maximum atomic E-state index is 10.8. The van der Waals surface area contributed by atoms with Crippen LogP contribution >= 0.6 is 11.3 Å². The lowest BCUT2D eigenvalue weighted by atomic mass is 10.4. The van der Waals surface area contributed by atoms with Crippen molar-refractivity contribution in [3.05, 3.63) is 34.2 Å². The van der Waals surface area contributed by atoms with Gasteiger partial charge in [-0.2, -0.15) is 0 Å². The van der Waals surface area contributed by atoms with Crippen molar-refractivity contribution in [2.75, 3.05) is 0 Å². The largest absolute Gasteiger partial charge is 0.477 e. The van der Waals surface area contributed by atoms with Gasteiger partial charge in [-0.05, 0) is 6.07 Å². The molecule has 8 heteroatoms. The highest BCUT2D eigenvalue weighted by Gasteiger charge is 2.09. The minimum atomic E-state index is -1.02. The Morgan fingerprint density at radius 3 is 2.61 bits per heavy atom. The van der Waals surface area contributed by atoms with Crippen LogP contribution in [-0.2, 0) is 0 Å². The fraction of sp³-hybridized carbons (Fsp3) is 0. The lowest BCUT2D eigenvalue weighted by Gasteiger charge is -2.00. The number of hydrogen-bond donors (Lipinski definition) is 2. The number of primary amides is 1. The van der Waals surface area contributed by atoms with E-state index in [9.17, 15) is 9.59 Å². The van der Waals surface area contributed by atoms with Gasteiger partial charge in [-0.3, -0.25) is 4.79 Å². The van der Waals surface area contributed by atoms with Gasteiger partial charge in [-0.15, -0.1) is 21.5 Å². The fourth-order valence-corrected chi connectivity index (χ4v) is 1.76. The standard InChI is InChI=1S/C10H7N3O4S/c11-9(14)6-1-2-8(13-12-6)17-5-3-7(10(15)16)18-4-5/h1-4H,(H2,11,14)(H,15,16). The quantitative estimate of drug-likeness (QED) is 0.856. The molecule has 2 aromatic rings. The molecule has 2 aromatic heterocycles. The summed E-state index contributed by atoms with van der Waals surface area (Å²) in [5.74, 6) is -1.21. The van der Waals surface area contributed by atoms with Crippen LogP contribution in [0.2, 0.25) is 0 Å². The van der Waals surface area contributed by atoms with Crippen LogP contribution in [0.15, 0.2) is 23.6 Å². The molecule has 18 heavy (non-hydrogen) atoms. The SMILES string of the molecule is NC(=O)c1ccc(Oc2csc(C(=O)O)c2)nn1. The number of carboxylic acids is 1. The van der Waals surface area contributed by atoms with Gasteiger partial charge >= 0.3 is 5.97 Å². The molecule has 0 unspecified atom stereocenters. The molecular formula is C10H7N3O4S. The van der Waals surface area contributed by atoms with E-state index < -0.39 is 11.9 Å². The zero-order valence-electron chi connectivity index (χ0n) is 8.86. The van der Waals surface area contributed by atoms with E-state index in [1.807, 2.05) is 0 Å². The second kappa shape index (κ2) is 4.80. The Kier molecular flexibility index (Phi) is 3.20. The van der Waals surface area contributed by atoms with Gasteiger partial charge in [0.05, 0.1) is 0 Å². The summed E-state index contributed by atoms with van der Waals surface area (Å²) in [5.41, 5.74) is 5.03. The van der Waals surface area contributed by atoms with E-state index in [0.29, 0.717) is 5.75 Å². The van der Waals surface area contributed by atoms with Crippen molar-refractivity contribution in [1.82, 2.24) is 10.2 Å². The van der Waals surface area contributed by atoms with E-state index in [-0.39, 0.29) is 16.5 Å². The van der Waals surface area contributed by atoms with Crippen molar-refractivity contribution >= 4 is 23.2 Å². The maximum absolute atomic E-state index is 10.8. The Morgan fingerprint density at radius 1 is 1.33 bits per heavy atom. The molecule has 0 saturated heterocycles. The molecule has 2 heterocycles. The van der Waals surface area contributed by atoms with Gasteiger partial charge in [-0.25, -0.2) is 4.79 Å². The predicted octanol–water partition coefficient (Wildman–Crippen LogP) is 1.13. The fourth-order valence-electron chi connectivity index (χ4n) is 1.11. The molecule has 3 N–H and O–H groups in total. The molecule has 0 aliphatic heterocycles. The van der Waals surface area contributed by atoms with Gasteiger partial charge in [0.2, 0.25) is 5.88 Å². The summed E-state index contributed by atoms with van der Waals surface area (Å²) in [7, 11) is 0. The molecule has 0 radical (unpaired) electrons. The number of aromatic nitrogens is 2. The number of nitrogens with zero attached hydrogens (tertiary/aromatic N) is 2. The first-order valence-corrected chi connectivity index (χ1v) is 5.57. The van der Waals surface area contributed by atoms with E-state index in [0.717, 1.165) is 11.3 Å². The van der Waals surface area contributed by atoms with E-state index >= 15 is 0 Å². The molecule has 0 fully saturated rings. The van der Waals surface area contributed by atoms with E-state index in [1.165, 1.54) is 23.6 Å². The lowest BCUT2D eigenvalue weighted by molar-refractivity contribution is 0.0701. The third-order valence-corrected chi connectivity index (χ3v) is 2.80. The molecule has 0 atom stereocenters. The molecule has 0 bridgehead atoms. The topological polar surface area (TPSA) is 115 Å². The van der Waals surface area contributed by atoms with Crippen molar-refractivity contribution in [3.8, 4) is 11.6 Å². The number of thiophene rings is 1. The summed E-state index contributed by atoms with van der Waals surface area (Å²) in [6.07, 6.45) is 0. The highest BCUT2D eigenvalue weighted by molar-refractivity contribution is 7.12. The minimum absolute atomic E-state index is 0.0268. The number of amides is 1. The van der Waals surface area contributed by atoms with E-state index in [2.05, 4.69) is 10.2 Å². The molecule has 0 aliphatic carbocycles. The maximum Gasteiger partial charge on any atom is 0.346 e. The van der Waals surface area contributed by atoms with Crippen molar-refractivity contribution < 1.29 is 19.4 Å². The highest BCUT2D eigenvalue weighted by Crippen LogP contribution is 2.25. The third kappa shape index (κ3) is 2.61. The number of rotatable bonds is 4. The molecule has 92 valence electrons. The molecule has 2 rings (SSSR count). The number of carboxylic acid groups (broad SMARTS) is 1. The zero-order valence-corrected chi connectivity index (χ0v) is 9.68. The summed E-state index contributed by atoms with van der Waals surface area (Å²) >= 11 is 1.04. The van der Waals surface area contributed by atoms with Crippen LogP contribution in [0.25, 0.3) is 0 Å². The molecule has 0 aliphatic rings. The van der Waals surface area contributed by atoms with Crippen LogP contribution in [0.1, 0.15) is 20.2 Å². The van der Waals surface area contributed by atoms with Gasteiger partial charge in [0.25, 0.3) is 5.91 Å². The van der Waals surface area contributed by atoms with Crippen LogP contribution < -0.4 is 10.5 Å². The first-order valence-electron chi connectivity index (χ1n) is 4.69. The first kappa shape index (κ1) is 12.0. The van der Waals surface area contributed by atoms with E-state index in [1.54, 1.807) is 0 Å². The summed E-state index contributed by atoms with van der Waals surface area (Å²) in [4.78, 5) is 21.6. The molecular weight excluding hydrogens is 258 g/mol. The van der Waals surface area contributed by atoms with Crippen molar-refractivity contribution in [1.29, 1.82) is 0 Å². The zero-order chi connectivity index (χ0) is 13.1. The molecule has 1 amide bonds. The Morgan fingerprint density at radius 2 is 2.11 bits per heavy atom. The van der Waals surface area contributed by atoms with E-state index in [4.69, 9.17) is 15.6 Å². The number of carbonyl (C=O) groups excluding carboxylic acids is 1. The molecule has 0 aromatic carbocycles. The Balaban J connectivity index is 2.13. The van der Waals surface area contributed by atoms with Gasteiger partial charge in [-0.1, -0.05) is 0 Å². The van der Waals surface area contributed by atoms with Gasteiger partial charge in [0.15, 0.2) is 5.69 Å². The highest BCUT2D eigenvalue weighted by atomic mass is 32.1.